The van der Waals surface area contributed by atoms with E-state index in [0.29, 0.717) is 43.4 Å². The van der Waals surface area contributed by atoms with Gasteiger partial charge in [-0.1, -0.05) is 77.6 Å². The summed E-state index contributed by atoms with van der Waals surface area (Å²) < 4.78 is 12.9. The highest BCUT2D eigenvalue weighted by atomic mass is 16.6. The van der Waals surface area contributed by atoms with Crippen molar-refractivity contribution >= 4 is 28.9 Å². The second-order valence-electron chi connectivity index (χ2n) is 11.2. The fourth-order valence-corrected chi connectivity index (χ4v) is 5.24. The van der Waals surface area contributed by atoms with Crippen molar-refractivity contribution in [3.05, 3.63) is 12.7 Å². The first-order valence-corrected chi connectivity index (χ1v) is 15.7. The molecule has 230 valence electrons. The Labute approximate surface area is 244 Å². The maximum absolute atomic E-state index is 12.2. The third kappa shape index (κ3) is 11.5. The van der Waals surface area contributed by atoms with E-state index in [1.54, 1.807) is 4.57 Å². The zero-order valence-corrected chi connectivity index (χ0v) is 24.8. The molecule has 1 aliphatic rings. The van der Waals surface area contributed by atoms with Crippen molar-refractivity contribution < 1.29 is 24.2 Å². The Balaban J connectivity index is 1.15. The number of nitrogens with one attached hydrogen (secondary N) is 1. The second kappa shape index (κ2) is 18.6. The largest absolute Gasteiger partial charge is 0.463 e. The smallest absolute Gasteiger partial charge is 0.305 e. The molecule has 1 aliphatic heterocycles. The van der Waals surface area contributed by atoms with Gasteiger partial charge in [0.15, 0.2) is 17.7 Å². The Bertz CT molecular complexity index is 1050. The van der Waals surface area contributed by atoms with Crippen LogP contribution in [-0.4, -0.2) is 61.9 Å². The number of hydrogen-bond donors (Lipinski definition) is 3. The van der Waals surface area contributed by atoms with Gasteiger partial charge in [-0.3, -0.25) is 14.2 Å². The van der Waals surface area contributed by atoms with Crippen LogP contribution in [0.3, 0.4) is 0 Å². The highest BCUT2D eigenvalue weighted by molar-refractivity contribution is 5.81. The highest BCUT2D eigenvalue weighted by Gasteiger charge is 2.37. The zero-order valence-electron chi connectivity index (χ0n) is 24.8. The predicted molar refractivity (Wildman–Crippen MR) is 158 cm³/mol. The van der Waals surface area contributed by atoms with Crippen LogP contribution in [0.25, 0.3) is 11.2 Å². The second-order valence-corrected chi connectivity index (χ2v) is 11.2. The van der Waals surface area contributed by atoms with Crippen LogP contribution in [0.1, 0.15) is 122 Å². The number of nitrogens with zero attached hydrogens (tertiary/aromatic N) is 4. The monoisotopic (exact) mass is 574 g/mol. The Kier molecular flexibility index (Phi) is 14.8. The van der Waals surface area contributed by atoms with Gasteiger partial charge in [-0.15, -0.1) is 0 Å². The topological polar surface area (TPSA) is 154 Å². The number of imidazole rings is 1. The summed E-state index contributed by atoms with van der Waals surface area (Å²) >= 11 is 0. The lowest BCUT2D eigenvalue weighted by atomic mass is 10.1. The van der Waals surface area contributed by atoms with Gasteiger partial charge in [-0.05, 0) is 19.3 Å². The van der Waals surface area contributed by atoms with Gasteiger partial charge in [0.1, 0.15) is 24.6 Å². The molecule has 0 spiro atoms. The van der Waals surface area contributed by atoms with E-state index in [1.807, 2.05) is 0 Å². The standard InChI is InChI=1S/C30H50N6O5/c1-2-3-4-5-6-7-8-9-10-11-13-16-25(38)32-18-15-12-14-17-26(39)40-20-23-19-24(37)30(41-23)36-22-35-27-28(31)33-21-34-29(27)36/h21-24,30,37H,2-20H2,1H3,(H,32,38)(H2,31,33,34)/t23-,24+,30+/m0/s1. The van der Waals surface area contributed by atoms with Gasteiger partial charge in [-0.2, -0.15) is 0 Å². The number of anilines is 1. The van der Waals surface area contributed by atoms with Crippen molar-refractivity contribution in [1.29, 1.82) is 0 Å². The van der Waals surface area contributed by atoms with E-state index in [0.717, 1.165) is 25.7 Å². The van der Waals surface area contributed by atoms with Crippen LogP contribution in [0.15, 0.2) is 12.7 Å². The van der Waals surface area contributed by atoms with Gasteiger partial charge < -0.3 is 25.6 Å². The zero-order chi connectivity index (χ0) is 29.3. The lowest BCUT2D eigenvalue weighted by Gasteiger charge is -2.17. The van der Waals surface area contributed by atoms with Gasteiger partial charge >= 0.3 is 5.97 Å². The Morgan fingerprint density at radius 2 is 1.63 bits per heavy atom. The Hall–Kier alpha value is -2.79. The summed E-state index contributed by atoms with van der Waals surface area (Å²) in [5.41, 5.74) is 6.76. The van der Waals surface area contributed by atoms with Crippen molar-refractivity contribution in [3.8, 4) is 0 Å². The molecule has 11 heteroatoms. The molecule has 0 bridgehead atoms. The molecule has 1 fully saturated rings. The minimum atomic E-state index is -0.794. The van der Waals surface area contributed by atoms with Crippen molar-refractivity contribution in [2.75, 3.05) is 18.9 Å². The fraction of sp³-hybridized carbons (Fsp3) is 0.767. The molecule has 0 aromatic carbocycles. The number of fused-ring (bicyclic) bond motifs is 1. The molecule has 0 saturated carbocycles. The summed E-state index contributed by atoms with van der Waals surface area (Å²) in [7, 11) is 0. The van der Waals surface area contributed by atoms with Crippen molar-refractivity contribution in [1.82, 2.24) is 24.8 Å². The predicted octanol–water partition coefficient (Wildman–Crippen LogP) is 4.98. The average molecular weight is 575 g/mol. The molecule has 3 rings (SSSR count). The number of nitrogen functional groups attached to an aromatic ring is 1. The van der Waals surface area contributed by atoms with Crippen LogP contribution < -0.4 is 11.1 Å². The number of aliphatic hydroxyl groups excluding tert-OH is 1. The summed E-state index contributed by atoms with van der Waals surface area (Å²) in [6.07, 6.45) is 18.6. The number of esters is 1. The molecule has 2 aromatic rings. The van der Waals surface area contributed by atoms with E-state index in [1.165, 1.54) is 70.4 Å². The molecule has 2 aromatic heterocycles. The molecule has 41 heavy (non-hydrogen) atoms. The molecule has 0 unspecified atom stereocenters. The summed E-state index contributed by atoms with van der Waals surface area (Å²) in [5, 5.41) is 13.5. The molecule has 1 saturated heterocycles. The van der Waals surface area contributed by atoms with Crippen LogP contribution in [0.5, 0.6) is 0 Å². The first kappa shape index (κ1) is 32.7. The Morgan fingerprint density at radius 1 is 0.976 bits per heavy atom. The third-order valence-electron chi connectivity index (χ3n) is 7.64. The molecule has 3 heterocycles. The minimum Gasteiger partial charge on any atom is -0.463 e. The first-order valence-electron chi connectivity index (χ1n) is 15.7. The summed E-state index contributed by atoms with van der Waals surface area (Å²) in [5.74, 6) is 0.0892. The minimum absolute atomic E-state index is 0.0747. The number of hydrogen-bond acceptors (Lipinski definition) is 9. The number of aromatic nitrogens is 4. The van der Waals surface area contributed by atoms with E-state index in [2.05, 4.69) is 27.2 Å². The molecule has 3 atom stereocenters. The summed E-state index contributed by atoms with van der Waals surface area (Å²) in [6, 6.07) is 0. The van der Waals surface area contributed by atoms with Gasteiger partial charge in [0, 0.05) is 25.8 Å². The van der Waals surface area contributed by atoms with Gasteiger partial charge in [-0.25, -0.2) is 15.0 Å². The van der Waals surface area contributed by atoms with Gasteiger partial charge in [0.05, 0.1) is 12.4 Å². The number of amides is 1. The summed E-state index contributed by atoms with van der Waals surface area (Å²) in [4.78, 5) is 36.5. The highest BCUT2D eigenvalue weighted by Crippen LogP contribution is 2.31. The van der Waals surface area contributed by atoms with Crippen LogP contribution in [-0.2, 0) is 19.1 Å². The average Bonchev–Trinajstić information content (AvgIpc) is 3.56. The van der Waals surface area contributed by atoms with Crippen molar-refractivity contribution in [2.45, 2.75) is 135 Å². The van der Waals surface area contributed by atoms with Crippen molar-refractivity contribution in [3.63, 3.8) is 0 Å². The van der Waals surface area contributed by atoms with E-state index < -0.39 is 18.4 Å². The molecular weight excluding hydrogens is 524 g/mol. The summed E-state index contributed by atoms with van der Waals surface area (Å²) in [6.45, 7) is 2.96. The molecule has 11 nitrogen and oxygen atoms in total. The van der Waals surface area contributed by atoms with Crippen molar-refractivity contribution in [2.24, 2.45) is 0 Å². The number of unbranched alkanes of at least 4 members (excludes halogenated alkanes) is 12. The van der Waals surface area contributed by atoms with E-state index >= 15 is 0 Å². The number of aliphatic hydroxyl groups is 1. The van der Waals surface area contributed by atoms with Gasteiger partial charge in [0.2, 0.25) is 5.91 Å². The molecular formula is C30H50N6O5. The van der Waals surface area contributed by atoms with Crippen LogP contribution in [0.4, 0.5) is 5.82 Å². The number of carbonyl (C=O) groups is 2. The Morgan fingerprint density at radius 3 is 2.37 bits per heavy atom. The number of rotatable bonds is 21. The quantitative estimate of drug-likeness (QED) is 0.138. The molecule has 0 aliphatic carbocycles. The lowest BCUT2D eigenvalue weighted by Crippen LogP contribution is -2.24. The normalized spacial score (nSPS) is 18.6. The van der Waals surface area contributed by atoms with E-state index in [4.69, 9.17) is 15.2 Å². The SMILES string of the molecule is CCCCCCCCCCCCCC(=O)NCCCCCC(=O)OC[C@@H]1C[C@@H](O)[C@H](n2cnc3c(N)ncnc32)O1. The fourth-order valence-electron chi connectivity index (χ4n) is 5.24. The molecule has 4 N–H and O–H groups in total. The number of nitrogens with two attached hydrogens (primary N) is 1. The molecule has 1 amide bonds. The first-order chi connectivity index (χ1) is 20.0. The maximum Gasteiger partial charge on any atom is 0.305 e. The van der Waals surface area contributed by atoms with E-state index in [9.17, 15) is 14.7 Å². The number of carbonyl (C=O) groups excluding carboxylic acids is 2. The van der Waals surface area contributed by atoms with Crippen LogP contribution in [0.2, 0.25) is 0 Å². The maximum atomic E-state index is 12.2. The van der Waals surface area contributed by atoms with E-state index in [-0.39, 0.29) is 24.3 Å². The third-order valence-corrected chi connectivity index (χ3v) is 7.64. The lowest BCUT2D eigenvalue weighted by molar-refractivity contribution is -0.148. The van der Waals surface area contributed by atoms with Gasteiger partial charge in [0.25, 0.3) is 0 Å². The van der Waals surface area contributed by atoms with Crippen LogP contribution in [0, 0.1) is 0 Å². The molecule has 0 radical (unpaired) electrons. The number of ether oxygens (including phenoxy) is 2. The van der Waals surface area contributed by atoms with Crippen LogP contribution >= 0.6 is 0 Å².